The van der Waals surface area contributed by atoms with Crippen molar-refractivity contribution < 1.29 is 18.0 Å². The van der Waals surface area contributed by atoms with E-state index in [2.05, 4.69) is 15.3 Å². The minimum atomic E-state index is -4.53. The van der Waals surface area contributed by atoms with Crippen molar-refractivity contribution in [3.8, 4) is 0 Å². The molecule has 0 aliphatic heterocycles. The first-order valence-corrected chi connectivity index (χ1v) is 7.69. The monoisotopic (exact) mass is 341 g/mol. The van der Waals surface area contributed by atoms with Crippen LogP contribution < -0.4 is 5.32 Å². The third-order valence-corrected chi connectivity index (χ3v) is 3.64. The van der Waals surface area contributed by atoms with Crippen molar-refractivity contribution in [3.63, 3.8) is 0 Å². The van der Waals surface area contributed by atoms with Crippen LogP contribution in [-0.2, 0) is 17.5 Å². The van der Waals surface area contributed by atoms with Gasteiger partial charge in [-0.25, -0.2) is 9.97 Å². The number of halogens is 3. The molecule has 1 aromatic carbocycles. The zero-order valence-corrected chi connectivity index (χ0v) is 13.0. The van der Waals surface area contributed by atoms with Gasteiger partial charge in [-0.15, -0.1) is 0 Å². The van der Waals surface area contributed by atoms with Gasteiger partial charge in [-0.3, -0.25) is 4.79 Å². The predicted octanol–water partition coefficient (Wildman–Crippen LogP) is 3.21. The van der Waals surface area contributed by atoms with Crippen molar-refractivity contribution >= 4 is 17.7 Å². The molecule has 1 aromatic heterocycles. The fourth-order valence-corrected chi connectivity index (χ4v) is 2.46. The number of rotatable bonds is 5. The summed E-state index contributed by atoms with van der Waals surface area (Å²) in [7, 11) is 0. The Morgan fingerprint density at radius 3 is 2.57 bits per heavy atom. The average Bonchev–Trinajstić information content (AvgIpc) is 2.50. The van der Waals surface area contributed by atoms with Gasteiger partial charge in [0.1, 0.15) is 5.69 Å². The number of aryl methyl sites for hydroxylation is 1. The summed E-state index contributed by atoms with van der Waals surface area (Å²) in [6.45, 7) is 1.82. The largest absolute Gasteiger partial charge is 0.433 e. The minimum absolute atomic E-state index is 0.0480. The molecule has 1 amide bonds. The van der Waals surface area contributed by atoms with Crippen molar-refractivity contribution in [2.24, 2.45) is 0 Å². The number of alkyl halides is 3. The van der Waals surface area contributed by atoms with Crippen LogP contribution in [0.15, 0.2) is 41.6 Å². The summed E-state index contributed by atoms with van der Waals surface area (Å²) in [5.41, 5.74) is 0.147. The third-order valence-electron chi connectivity index (χ3n) is 2.79. The molecular weight excluding hydrogens is 327 g/mol. The second-order valence-corrected chi connectivity index (χ2v) is 5.67. The van der Waals surface area contributed by atoms with E-state index in [4.69, 9.17) is 0 Å². The third kappa shape index (κ3) is 5.55. The van der Waals surface area contributed by atoms with E-state index in [9.17, 15) is 18.0 Å². The molecule has 0 saturated heterocycles. The maximum absolute atomic E-state index is 12.7. The average molecular weight is 341 g/mol. The van der Waals surface area contributed by atoms with E-state index in [0.29, 0.717) is 6.54 Å². The number of benzene rings is 1. The molecule has 23 heavy (non-hydrogen) atoms. The Balaban J connectivity index is 1.90. The van der Waals surface area contributed by atoms with Crippen molar-refractivity contribution in [2.45, 2.75) is 24.8 Å². The van der Waals surface area contributed by atoms with Gasteiger partial charge in [-0.05, 0) is 18.6 Å². The second kappa shape index (κ2) is 7.45. The molecule has 2 aromatic rings. The van der Waals surface area contributed by atoms with Crippen LogP contribution in [0.4, 0.5) is 13.2 Å². The normalized spacial score (nSPS) is 11.3. The van der Waals surface area contributed by atoms with Crippen LogP contribution in [0.5, 0.6) is 0 Å². The molecule has 4 nitrogen and oxygen atoms in total. The predicted molar refractivity (Wildman–Crippen MR) is 80.8 cm³/mol. The number of aromatic nitrogens is 2. The van der Waals surface area contributed by atoms with Crippen LogP contribution in [-0.4, -0.2) is 21.6 Å². The molecule has 0 unspecified atom stereocenters. The van der Waals surface area contributed by atoms with E-state index in [1.165, 1.54) is 6.92 Å². The van der Waals surface area contributed by atoms with Gasteiger partial charge in [0.25, 0.3) is 0 Å². The Kier molecular flexibility index (Phi) is 5.59. The Bertz CT molecular complexity index is 677. The molecule has 0 atom stereocenters. The second-order valence-electron chi connectivity index (χ2n) is 4.73. The Morgan fingerprint density at radius 1 is 1.22 bits per heavy atom. The lowest BCUT2D eigenvalue weighted by Crippen LogP contribution is -2.24. The summed E-state index contributed by atoms with van der Waals surface area (Å²) in [5, 5.41) is 2.63. The van der Waals surface area contributed by atoms with Crippen LogP contribution in [0.1, 0.15) is 17.0 Å². The first-order chi connectivity index (χ1) is 10.8. The molecular formula is C15H14F3N3OS. The van der Waals surface area contributed by atoms with Gasteiger partial charge in [0.15, 0.2) is 5.16 Å². The van der Waals surface area contributed by atoms with Crippen molar-refractivity contribution in [3.05, 3.63) is 53.3 Å². The van der Waals surface area contributed by atoms with Crippen LogP contribution in [0.3, 0.4) is 0 Å². The lowest BCUT2D eigenvalue weighted by Gasteiger charge is -2.08. The fraction of sp³-hybridized carbons (Fsp3) is 0.267. The molecule has 0 aliphatic carbocycles. The number of nitrogens with one attached hydrogen (secondary N) is 1. The standard InChI is InChI=1S/C15H14F3N3OS/c1-10-7-12(15(16,17)18)21-14(20-10)23-9-13(22)19-8-11-5-3-2-4-6-11/h2-7H,8-9H2,1H3,(H,19,22). The van der Waals surface area contributed by atoms with Gasteiger partial charge < -0.3 is 5.32 Å². The van der Waals surface area contributed by atoms with E-state index in [1.54, 1.807) is 0 Å². The molecule has 0 fully saturated rings. The Hall–Kier alpha value is -2.09. The lowest BCUT2D eigenvalue weighted by molar-refractivity contribution is -0.141. The van der Waals surface area contributed by atoms with E-state index < -0.39 is 11.9 Å². The summed E-state index contributed by atoms with van der Waals surface area (Å²) in [6, 6.07) is 10.2. The molecule has 0 aliphatic rings. The maximum Gasteiger partial charge on any atom is 0.433 e. The van der Waals surface area contributed by atoms with E-state index in [1.807, 2.05) is 30.3 Å². The van der Waals surface area contributed by atoms with Gasteiger partial charge in [-0.2, -0.15) is 13.2 Å². The van der Waals surface area contributed by atoms with Crippen LogP contribution >= 0.6 is 11.8 Å². The van der Waals surface area contributed by atoms with Crippen LogP contribution in [0.2, 0.25) is 0 Å². The SMILES string of the molecule is Cc1cc(C(F)(F)F)nc(SCC(=O)NCc2ccccc2)n1. The summed E-state index contributed by atoms with van der Waals surface area (Å²) < 4.78 is 38.0. The lowest BCUT2D eigenvalue weighted by atomic mass is 10.2. The highest BCUT2D eigenvalue weighted by Gasteiger charge is 2.33. The van der Waals surface area contributed by atoms with Gasteiger partial charge in [-0.1, -0.05) is 42.1 Å². The molecule has 1 N–H and O–H groups in total. The first kappa shape index (κ1) is 17.3. The highest BCUT2D eigenvalue weighted by molar-refractivity contribution is 7.99. The smallest absolute Gasteiger partial charge is 0.351 e. The summed E-state index contributed by atoms with van der Waals surface area (Å²) in [6.07, 6.45) is -4.53. The van der Waals surface area contributed by atoms with Crippen molar-refractivity contribution in [2.75, 3.05) is 5.75 Å². The number of hydrogen-bond acceptors (Lipinski definition) is 4. The maximum atomic E-state index is 12.7. The topological polar surface area (TPSA) is 54.9 Å². The molecule has 8 heteroatoms. The van der Waals surface area contributed by atoms with E-state index in [0.717, 1.165) is 23.4 Å². The molecule has 0 radical (unpaired) electrons. The minimum Gasteiger partial charge on any atom is -0.351 e. The number of carbonyl (C=O) groups excluding carboxylic acids is 1. The van der Waals surface area contributed by atoms with Crippen molar-refractivity contribution in [1.82, 2.24) is 15.3 Å². The molecule has 0 bridgehead atoms. The van der Waals surface area contributed by atoms with Gasteiger partial charge in [0.2, 0.25) is 5.91 Å². The number of hydrogen-bond donors (Lipinski definition) is 1. The number of carbonyl (C=O) groups is 1. The highest BCUT2D eigenvalue weighted by atomic mass is 32.2. The van der Waals surface area contributed by atoms with E-state index >= 15 is 0 Å². The zero-order chi connectivity index (χ0) is 16.9. The molecule has 122 valence electrons. The Morgan fingerprint density at radius 2 is 1.91 bits per heavy atom. The quantitative estimate of drug-likeness (QED) is 0.670. The zero-order valence-electron chi connectivity index (χ0n) is 12.2. The van der Waals surface area contributed by atoms with Crippen molar-refractivity contribution in [1.29, 1.82) is 0 Å². The molecule has 1 heterocycles. The van der Waals surface area contributed by atoms with Crippen LogP contribution in [0.25, 0.3) is 0 Å². The Labute approximate surface area is 135 Å². The van der Waals surface area contributed by atoms with Gasteiger partial charge >= 0.3 is 6.18 Å². The van der Waals surface area contributed by atoms with Gasteiger partial charge in [0.05, 0.1) is 5.75 Å². The van der Waals surface area contributed by atoms with Gasteiger partial charge in [0, 0.05) is 12.2 Å². The fourth-order valence-electron chi connectivity index (χ4n) is 1.73. The summed E-state index contributed by atoms with van der Waals surface area (Å²) in [4.78, 5) is 19.1. The number of thioether (sulfide) groups is 1. The molecule has 0 spiro atoms. The number of amides is 1. The first-order valence-electron chi connectivity index (χ1n) is 6.71. The molecule has 2 rings (SSSR count). The summed E-state index contributed by atoms with van der Waals surface area (Å²) >= 11 is 0.874. The number of nitrogens with zero attached hydrogens (tertiary/aromatic N) is 2. The molecule has 0 saturated carbocycles. The van der Waals surface area contributed by atoms with Crippen LogP contribution in [0, 0.1) is 6.92 Å². The highest BCUT2D eigenvalue weighted by Crippen LogP contribution is 2.29. The van der Waals surface area contributed by atoms with E-state index in [-0.39, 0.29) is 22.5 Å². The summed E-state index contributed by atoms with van der Waals surface area (Å²) in [5.74, 6) is -0.342.